The average Bonchev–Trinajstić information content (AvgIpc) is 1.79. The maximum Gasteiger partial charge on any atom is 0.186 e. The van der Waals surface area contributed by atoms with Crippen molar-refractivity contribution in [3.63, 3.8) is 0 Å². The van der Waals surface area contributed by atoms with Gasteiger partial charge in [0, 0.05) is 0 Å². The van der Waals surface area contributed by atoms with Crippen molar-refractivity contribution in [2.24, 2.45) is 11.7 Å². The molecule has 0 heterocycles. The van der Waals surface area contributed by atoms with E-state index in [4.69, 9.17) is 11.1 Å². The molecule has 0 unspecified atom stereocenters. The van der Waals surface area contributed by atoms with Gasteiger partial charge in [-0.25, -0.2) is 0 Å². The second kappa shape index (κ2) is 5.05. The molecule has 4 heteroatoms. The Morgan fingerprint density at radius 1 is 1.60 bits per heavy atom. The van der Waals surface area contributed by atoms with Gasteiger partial charge in [0.25, 0.3) is 0 Å². The SMILES string of the molecule is CC(C)CNCNC(=N)N. The highest BCUT2D eigenvalue weighted by Gasteiger charge is 1.90. The molecular formula is C6H16N4. The maximum absolute atomic E-state index is 6.81. The normalized spacial score (nSPS) is 9.90. The van der Waals surface area contributed by atoms with Crippen molar-refractivity contribution in [2.75, 3.05) is 13.2 Å². The molecule has 4 nitrogen and oxygen atoms in total. The lowest BCUT2D eigenvalue weighted by Crippen LogP contribution is -2.38. The van der Waals surface area contributed by atoms with Crippen LogP contribution in [-0.4, -0.2) is 19.2 Å². The molecule has 0 rings (SSSR count). The summed E-state index contributed by atoms with van der Waals surface area (Å²) in [6, 6.07) is 0. The maximum atomic E-state index is 6.81. The minimum atomic E-state index is 0.0104. The summed E-state index contributed by atoms with van der Waals surface area (Å²) in [5.74, 6) is 0.644. The van der Waals surface area contributed by atoms with E-state index in [1.807, 2.05) is 0 Å². The molecule has 0 aliphatic carbocycles. The van der Waals surface area contributed by atoms with E-state index in [2.05, 4.69) is 24.5 Å². The Morgan fingerprint density at radius 2 is 2.20 bits per heavy atom. The molecule has 10 heavy (non-hydrogen) atoms. The fourth-order valence-corrected chi connectivity index (χ4v) is 0.519. The van der Waals surface area contributed by atoms with Crippen molar-refractivity contribution in [2.45, 2.75) is 13.8 Å². The van der Waals surface area contributed by atoms with Crippen molar-refractivity contribution < 1.29 is 0 Å². The van der Waals surface area contributed by atoms with E-state index in [0.29, 0.717) is 12.6 Å². The third kappa shape index (κ3) is 7.23. The number of nitrogens with one attached hydrogen (secondary N) is 3. The van der Waals surface area contributed by atoms with Gasteiger partial charge in [0.05, 0.1) is 6.67 Å². The highest BCUT2D eigenvalue weighted by molar-refractivity contribution is 5.74. The largest absolute Gasteiger partial charge is 0.370 e. The van der Waals surface area contributed by atoms with Crippen LogP contribution in [0.3, 0.4) is 0 Å². The predicted octanol–water partition coefficient (Wildman–Crippen LogP) is -0.327. The van der Waals surface area contributed by atoms with Crippen LogP contribution in [0.25, 0.3) is 0 Å². The second-order valence-corrected chi connectivity index (χ2v) is 2.62. The van der Waals surface area contributed by atoms with Crippen LogP contribution in [0.15, 0.2) is 0 Å². The van der Waals surface area contributed by atoms with E-state index >= 15 is 0 Å². The van der Waals surface area contributed by atoms with Gasteiger partial charge < -0.3 is 11.1 Å². The van der Waals surface area contributed by atoms with Gasteiger partial charge in [0.15, 0.2) is 5.96 Å². The van der Waals surface area contributed by atoms with Crippen molar-refractivity contribution in [3.05, 3.63) is 0 Å². The molecule has 5 N–H and O–H groups in total. The monoisotopic (exact) mass is 144 g/mol. The van der Waals surface area contributed by atoms with Gasteiger partial charge in [0.1, 0.15) is 0 Å². The van der Waals surface area contributed by atoms with Gasteiger partial charge in [-0.3, -0.25) is 10.7 Å². The molecule has 0 spiro atoms. The van der Waals surface area contributed by atoms with Crippen LogP contribution in [-0.2, 0) is 0 Å². The molecule has 0 saturated carbocycles. The van der Waals surface area contributed by atoms with Gasteiger partial charge in [0.2, 0.25) is 0 Å². The Bertz CT molecular complexity index is 99.9. The summed E-state index contributed by atoms with van der Waals surface area (Å²) in [5, 5.41) is 12.5. The van der Waals surface area contributed by atoms with E-state index in [-0.39, 0.29) is 5.96 Å². The standard InChI is InChI=1S/C6H16N4/c1-5(2)3-9-4-10-6(7)8/h5,9H,3-4H2,1-2H3,(H4,7,8,10). The fourth-order valence-electron chi connectivity index (χ4n) is 0.519. The molecule has 0 amide bonds. The highest BCUT2D eigenvalue weighted by Crippen LogP contribution is 1.84. The van der Waals surface area contributed by atoms with Crippen LogP contribution in [0.1, 0.15) is 13.8 Å². The zero-order valence-electron chi connectivity index (χ0n) is 6.57. The van der Waals surface area contributed by atoms with Crippen LogP contribution in [0.5, 0.6) is 0 Å². The molecule has 0 aromatic carbocycles. The van der Waals surface area contributed by atoms with Crippen LogP contribution in [0, 0.1) is 11.3 Å². The summed E-state index contributed by atoms with van der Waals surface area (Å²) in [6.45, 7) is 5.77. The minimum Gasteiger partial charge on any atom is -0.370 e. The van der Waals surface area contributed by atoms with Crippen molar-refractivity contribution in [3.8, 4) is 0 Å². The first kappa shape index (κ1) is 9.23. The zero-order chi connectivity index (χ0) is 7.98. The summed E-state index contributed by atoms with van der Waals surface area (Å²) >= 11 is 0. The van der Waals surface area contributed by atoms with E-state index in [0.717, 1.165) is 6.54 Å². The van der Waals surface area contributed by atoms with Gasteiger partial charge in [-0.2, -0.15) is 0 Å². The van der Waals surface area contributed by atoms with Crippen LogP contribution >= 0.6 is 0 Å². The smallest absolute Gasteiger partial charge is 0.186 e. The number of hydrogen-bond donors (Lipinski definition) is 4. The van der Waals surface area contributed by atoms with Gasteiger partial charge >= 0.3 is 0 Å². The lowest BCUT2D eigenvalue weighted by atomic mass is 10.2. The topological polar surface area (TPSA) is 73.9 Å². The van der Waals surface area contributed by atoms with E-state index in [1.165, 1.54) is 0 Å². The Balaban J connectivity index is 2.98. The Morgan fingerprint density at radius 3 is 2.60 bits per heavy atom. The summed E-state index contributed by atoms with van der Waals surface area (Å²) in [7, 11) is 0. The Labute approximate surface area is 61.7 Å². The fraction of sp³-hybridized carbons (Fsp3) is 0.833. The molecular weight excluding hydrogens is 128 g/mol. The molecule has 0 bridgehead atoms. The summed E-state index contributed by atoms with van der Waals surface area (Å²) < 4.78 is 0. The summed E-state index contributed by atoms with van der Waals surface area (Å²) in [5.41, 5.74) is 5.04. The first-order chi connectivity index (χ1) is 4.63. The number of guanidine groups is 1. The third-order valence-electron chi connectivity index (χ3n) is 0.956. The lowest BCUT2D eigenvalue weighted by molar-refractivity contribution is 0.545. The number of nitrogens with two attached hydrogens (primary N) is 1. The van der Waals surface area contributed by atoms with Gasteiger partial charge in [-0.1, -0.05) is 13.8 Å². The predicted molar refractivity (Wildman–Crippen MR) is 42.8 cm³/mol. The molecule has 0 aromatic rings. The molecule has 0 aliphatic heterocycles. The van der Waals surface area contributed by atoms with Crippen molar-refractivity contribution >= 4 is 5.96 Å². The zero-order valence-corrected chi connectivity index (χ0v) is 6.57. The number of rotatable bonds is 4. The highest BCUT2D eigenvalue weighted by atomic mass is 15.1. The summed E-state index contributed by atoms with van der Waals surface area (Å²) in [6.07, 6.45) is 0. The second-order valence-electron chi connectivity index (χ2n) is 2.62. The van der Waals surface area contributed by atoms with Crippen LogP contribution < -0.4 is 16.4 Å². The van der Waals surface area contributed by atoms with Crippen molar-refractivity contribution in [1.29, 1.82) is 5.41 Å². The van der Waals surface area contributed by atoms with Crippen molar-refractivity contribution in [1.82, 2.24) is 10.6 Å². The summed E-state index contributed by atoms with van der Waals surface area (Å²) in [4.78, 5) is 0. The van der Waals surface area contributed by atoms with E-state index in [1.54, 1.807) is 0 Å². The van der Waals surface area contributed by atoms with Gasteiger partial charge in [-0.15, -0.1) is 0 Å². The van der Waals surface area contributed by atoms with Gasteiger partial charge in [-0.05, 0) is 12.5 Å². The molecule has 0 radical (unpaired) electrons. The molecule has 0 saturated heterocycles. The number of hydrogen-bond acceptors (Lipinski definition) is 2. The van der Waals surface area contributed by atoms with Crippen LogP contribution in [0.4, 0.5) is 0 Å². The minimum absolute atomic E-state index is 0.0104. The molecule has 0 aliphatic rings. The van der Waals surface area contributed by atoms with Crippen LogP contribution in [0.2, 0.25) is 0 Å². The molecule has 0 atom stereocenters. The first-order valence-corrected chi connectivity index (χ1v) is 3.41. The van der Waals surface area contributed by atoms with E-state index in [9.17, 15) is 0 Å². The average molecular weight is 144 g/mol. The molecule has 0 fully saturated rings. The quantitative estimate of drug-likeness (QED) is 0.189. The molecule has 0 aromatic heterocycles. The molecule has 60 valence electrons. The first-order valence-electron chi connectivity index (χ1n) is 3.41. The van der Waals surface area contributed by atoms with E-state index < -0.39 is 0 Å². The Hall–Kier alpha value is -0.770. The Kier molecular flexibility index (Phi) is 4.66. The lowest BCUT2D eigenvalue weighted by Gasteiger charge is -2.07. The third-order valence-corrected chi connectivity index (χ3v) is 0.956.